The van der Waals surface area contributed by atoms with Crippen molar-refractivity contribution in [2.24, 2.45) is 0 Å². The number of aromatic amines is 1. The molecule has 2 aromatic rings. The van der Waals surface area contributed by atoms with Gasteiger partial charge in [-0.2, -0.15) is 0 Å². The first-order valence-corrected chi connectivity index (χ1v) is 6.98. The van der Waals surface area contributed by atoms with Gasteiger partial charge in [-0.3, -0.25) is 0 Å². The monoisotopic (exact) mass is 254 g/mol. The third-order valence-electron chi connectivity index (χ3n) is 3.23. The topological polar surface area (TPSA) is 28.7 Å². The van der Waals surface area contributed by atoms with E-state index >= 15 is 0 Å². The van der Waals surface area contributed by atoms with Crippen LogP contribution in [0.2, 0.25) is 0 Å². The lowest BCUT2D eigenvalue weighted by Gasteiger charge is -2.00. The van der Waals surface area contributed by atoms with Gasteiger partial charge in [0.1, 0.15) is 5.82 Å². The van der Waals surface area contributed by atoms with E-state index in [0.717, 1.165) is 17.9 Å². The summed E-state index contributed by atoms with van der Waals surface area (Å²) in [7, 11) is 0. The van der Waals surface area contributed by atoms with Gasteiger partial charge in [0.25, 0.3) is 0 Å². The first-order valence-electron chi connectivity index (χ1n) is 6.98. The minimum atomic E-state index is 0.971. The number of aryl methyl sites for hydroxylation is 3. The maximum atomic E-state index is 4.17. The number of nitrogens with zero attached hydrogens (tertiary/aromatic N) is 1. The summed E-state index contributed by atoms with van der Waals surface area (Å²) >= 11 is 0. The lowest BCUT2D eigenvalue weighted by molar-refractivity contribution is 0.748. The van der Waals surface area contributed by atoms with Gasteiger partial charge in [-0.05, 0) is 51.2 Å². The van der Waals surface area contributed by atoms with E-state index in [0.29, 0.717) is 0 Å². The predicted molar refractivity (Wildman–Crippen MR) is 81.1 cm³/mol. The summed E-state index contributed by atoms with van der Waals surface area (Å²) in [5.74, 6) is 0.971. The number of unbranched alkanes of at least 4 members (excludes halogenated alkanes) is 2. The highest BCUT2D eigenvalue weighted by Gasteiger charge is 1.93. The average Bonchev–Trinajstić information content (AvgIpc) is 2.81. The molecule has 0 amide bonds. The summed E-state index contributed by atoms with van der Waals surface area (Å²) in [6, 6.07) is 8.85. The van der Waals surface area contributed by atoms with Crippen LogP contribution in [0.15, 0.2) is 36.5 Å². The molecule has 0 spiro atoms. The fraction of sp³-hybridized carbons (Fsp3) is 0.353. The van der Waals surface area contributed by atoms with E-state index in [-0.39, 0.29) is 0 Å². The SMILES string of the molecule is Cc1ccc(CCCC/C=C/c2cnc(C)[nH]2)cc1. The summed E-state index contributed by atoms with van der Waals surface area (Å²) in [5, 5.41) is 0. The minimum absolute atomic E-state index is 0.971. The quantitative estimate of drug-likeness (QED) is 0.758. The molecule has 0 saturated carbocycles. The zero-order chi connectivity index (χ0) is 13.5. The Balaban J connectivity index is 1.64. The maximum absolute atomic E-state index is 4.17. The van der Waals surface area contributed by atoms with Crippen LogP contribution < -0.4 is 0 Å². The summed E-state index contributed by atoms with van der Waals surface area (Å²) in [4.78, 5) is 7.37. The second kappa shape index (κ2) is 6.93. The molecule has 0 aliphatic carbocycles. The van der Waals surface area contributed by atoms with Crippen LogP contribution >= 0.6 is 0 Å². The molecule has 19 heavy (non-hydrogen) atoms. The number of imidazole rings is 1. The van der Waals surface area contributed by atoms with Gasteiger partial charge < -0.3 is 4.98 Å². The Bertz CT molecular complexity index is 520. The average molecular weight is 254 g/mol. The van der Waals surface area contributed by atoms with Crippen LogP contribution in [0.25, 0.3) is 6.08 Å². The van der Waals surface area contributed by atoms with Crippen molar-refractivity contribution in [2.75, 3.05) is 0 Å². The van der Waals surface area contributed by atoms with Crippen LogP contribution in [0.1, 0.15) is 41.9 Å². The number of allylic oxidation sites excluding steroid dienone is 1. The van der Waals surface area contributed by atoms with E-state index in [2.05, 4.69) is 53.3 Å². The molecule has 1 N–H and O–H groups in total. The van der Waals surface area contributed by atoms with Crippen molar-refractivity contribution in [3.05, 3.63) is 59.2 Å². The number of rotatable bonds is 6. The van der Waals surface area contributed by atoms with Crippen molar-refractivity contribution < 1.29 is 0 Å². The van der Waals surface area contributed by atoms with Crippen LogP contribution in [0.3, 0.4) is 0 Å². The third-order valence-corrected chi connectivity index (χ3v) is 3.23. The molecule has 0 atom stereocenters. The molecule has 0 saturated heterocycles. The van der Waals surface area contributed by atoms with Crippen molar-refractivity contribution in [2.45, 2.75) is 39.5 Å². The molecule has 2 nitrogen and oxygen atoms in total. The van der Waals surface area contributed by atoms with Gasteiger partial charge in [-0.1, -0.05) is 35.9 Å². The van der Waals surface area contributed by atoms with Crippen LogP contribution in [0, 0.1) is 13.8 Å². The van der Waals surface area contributed by atoms with Crippen molar-refractivity contribution in [3.8, 4) is 0 Å². The Hall–Kier alpha value is -1.83. The van der Waals surface area contributed by atoms with E-state index in [1.807, 2.05) is 13.1 Å². The maximum Gasteiger partial charge on any atom is 0.103 e. The Morgan fingerprint density at radius 3 is 2.58 bits per heavy atom. The number of hydrogen-bond donors (Lipinski definition) is 1. The fourth-order valence-corrected chi connectivity index (χ4v) is 2.08. The van der Waals surface area contributed by atoms with Crippen molar-refractivity contribution in [1.82, 2.24) is 9.97 Å². The third kappa shape index (κ3) is 4.74. The van der Waals surface area contributed by atoms with Crippen LogP contribution in [0.5, 0.6) is 0 Å². The van der Waals surface area contributed by atoms with Gasteiger partial charge in [0, 0.05) is 0 Å². The predicted octanol–water partition coefficient (Wildman–Crippen LogP) is 4.45. The normalized spacial score (nSPS) is 11.3. The Morgan fingerprint density at radius 2 is 1.89 bits per heavy atom. The molecule has 0 fully saturated rings. The van der Waals surface area contributed by atoms with Gasteiger partial charge in [-0.15, -0.1) is 0 Å². The first kappa shape index (κ1) is 13.6. The molecule has 100 valence electrons. The summed E-state index contributed by atoms with van der Waals surface area (Å²) in [5.41, 5.74) is 3.87. The van der Waals surface area contributed by atoms with Crippen LogP contribution in [-0.4, -0.2) is 9.97 Å². The van der Waals surface area contributed by atoms with Gasteiger partial charge in [-0.25, -0.2) is 4.98 Å². The lowest BCUT2D eigenvalue weighted by atomic mass is 10.1. The van der Waals surface area contributed by atoms with Gasteiger partial charge in [0.15, 0.2) is 0 Å². The van der Waals surface area contributed by atoms with Gasteiger partial charge in [0.05, 0.1) is 11.9 Å². The van der Waals surface area contributed by atoms with Crippen molar-refractivity contribution >= 4 is 6.08 Å². The molecule has 0 radical (unpaired) electrons. The fourth-order valence-electron chi connectivity index (χ4n) is 2.08. The van der Waals surface area contributed by atoms with E-state index < -0.39 is 0 Å². The van der Waals surface area contributed by atoms with E-state index in [9.17, 15) is 0 Å². The number of benzene rings is 1. The molecule has 1 aromatic heterocycles. The van der Waals surface area contributed by atoms with E-state index in [1.54, 1.807) is 0 Å². The Kier molecular flexibility index (Phi) is 4.96. The van der Waals surface area contributed by atoms with E-state index in [4.69, 9.17) is 0 Å². The standard InChI is InChI=1S/C17H22N2/c1-14-9-11-16(12-10-14)7-5-3-4-6-8-17-13-18-15(2)19-17/h6,8-13H,3-5,7H2,1-2H3,(H,18,19)/b8-6+. The zero-order valence-corrected chi connectivity index (χ0v) is 11.8. The van der Waals surface area contributed by atoms with Crippen LogP contribution in [-0.2, 0) is 6.42 Å². The van der Waals surface area contributed by atoms with Gasteiger partial charge >= 0.3 is 0 Å². The molecule has 0 aliphatic heterocycles. The minimum Gasteiger partial charge on any atom is -0.343 e. The highest BCUT2D eigenvalue weighted by atomic mass is 14.9. The highest BCUT2D eigenvalue weighted by molar-refractivity contribution is 5.43. The molecule has 2 heteroatoms. The van der Waals surface area contributed by atoms with Crippen LogP contribution in [0.4, 0.5) is 0 Å². The summed E-state index contributed by atoms with van der Waals surface area (Å²) in [6.45, 7) is 4.10. The molecular formula is C17H22N2. The summed E-state index contributed by atoms with van der Waals surface area (Å²) < 4.78 is 0. The number of aromatic nitrogens is 2. The number of nitrogens with one attached hydrogen (secondary N) is 1. The van der Waals surface area contributed by atoms with Crippen molar-refractivity contribution in [3.63, 3.8) is 0 Å². The Labute approximate surface area is 115 Å². The summed E-state index contributed by atoms with van der Waals surface area (Å²) in [6.07, 6.45) is 11.0. The second-order valence-corrected chi connectivity index (χ2v) is 5.06. The molecular weight excluding hydrogens is 232 g/mol. The molecule has 0 bridgehead atoms. The second-order valence-electron chi connectivity index (χ2n) is 5.06. The molecule has 2 rings (SSSR count). The van der Waals surface area contributed by atoms with E-state index in [1.165, 1.54) is 30.4 Å². The highest BCUT2D eigenvalue weighted by Crippen LogP contribution is 2.09. The zero-order valence-electron chi connectivity index (χ0n) is 11.8. The largest absolute Gasteiger partial charge is 0.343 e. The molecule has 1 aromatic carbocycles. The molecule has 1 heterocycles. The smallest absolute Gasteiger partial charge is 0.103 e. The first-order chi connectivity index (χ1) is 9.24. The lowest BCUT2D eigenvalue weighted by Crippen LogP contribution is -1.85. The van der Waals surface area contributed by atoms with Crippen molar-refractivity contribution in [1.29, 1.82) is 0 Å². The number of H-pyrrole nitrogens is 1. The van der Waals surface area contributed by atoms with Gasteiger partial charge in [0.2, 0.25) is 0 Å². The molecule has 0 unspecified atom stereocenters. The Morgan fingerprint density at radius 1 is 1.11 bits per heavy atom. The number of hydrogen-bond acceptors (Lipinski definition) is 1. The molecule has 0 aliphatic rings.